The molecule has 1 aliphatic carbocycles. The van der Waals surface area contributed by atoms with Crippen LogP contribution in [0, 0.1) is 5.92 Å². The Bertz CT molecular complexity index is 821. The van der Waals surface area contributed by atoms with Crippen molar-refractivity contribution in [2.45, 2.75) is 81.8 Å². The summed E-state index contributed by atoms with van der Waals surface area (Å²) in [7, 11) is 0. The van der Waals surface area contributed by atoms with Gasteiger partial charge in [-0.25, -0.2) is 9.59 Å². The third-order valence-corrected chi connectivity index (χ3v) is 6.02. The van der Waals surface area contributed by atoms with Crippen LogP contribution in [-0.2, 0) is 23.9 Å². The van der Waals surface area contributed by atoms with E-state index in [4.69, 9.17) is 9.84 Å². The number of amides is 2. The summed E-state index contributed by atoms with van der Waals surface area (Å²) in [6, 6.07) is -2.20. The normalized spacial score (nSPS) is 26.8. The predicted molar refractivity (Wildman–Crippen MR) is 116 cm³/mol. The zero-order valence-electron chi connectivity index (χ0n) is 19.4. The topological polar surface area (TPSA) is 154 Å². The molecule has 0 bridgehead atoms. The molecule has 0 aromatic carbocycles. The minimum Gasteiger partial charge on any atom is -0.480 e. The summed E-state index contributed by atoms with van der Waals surface area (Å²) >= 11 is 0. The third-order valence-electron chi connectivity index (χ3n) is 6.02. The van der Waals surface area contributed by atoms with Crippen LogP contribution in [0.3, 0.4) is 0 Å². The fourth-order valence-corrected chi connectivity index (χ4v) is 3.98. The van der Waals surface area contributed by atoms with E-state index in [1.165, 1.54) is 5.32 Å². The van der Waals surface area contributed by atoms with E-state index >= 15 is 0 Å². The maximum absolute atomic E-state index is 12.5. The molecule has 1 saturated carbocycles. The maximum Gasteiger partial charge on any atom is 0.471 e. The number of β-amino-alcohol motifs (C(OH)–C–C–N with tert-alkyl or cyclic N) is 1. The monoisotopic (exact) mass is 507 g/mol. The molecule has 1 heterocycles. The summed E-state index contributed by atoms with van der Waals surface area (Å²) in [6.45, 7) is 2.13. The van der Waals surface area contributed by atoms with Crippen molar-refractivity contribution in [1.82, 2.24) is 16.0 Å². The molecule has 0 radical (unpaired) electrons. The summed E-state index contributed by atoms with van der Waals surface area (Å²) in [5.74, 6) is -4.98. The summed E-state index contributed by atoms with van der Waals surface area (Å²) in [6.07, 6.45) is 0.387. The first-order chi connectivity index (χ1) is 16.4. The van der Waals surface area contributed by atoms with E-state index in [0.29, 0.717) is 38.6 Å². The number of aliphatic hydroxyl groups excluding tert-OH is 1. The molecule has 198 valence electrons. The highest BCUT2D eigenvalue weighted by atomic mass is 19.4. The van der Waals surface area contributed by atoms with Crippen LogP contribution >= 0.6 is 0 Å². The number of carboxylic acid groups (broad SMARTS) is 1. The quantitative estimate of drug-likeness (QED) is 0.139. The van der Waals surface area contributed by atoms with Gasteiger partial charge in [0.1, 0.15) is 11.6 Å². The Hall–Kier alpha value is -2.67. The second-order valence-electron chi connectivity index (χ2n) is 8.77. The van der Waals surface area contributed by atoms with E-state index < -0.39 is 47.7 Å². The molecule has 35 heavy (non-hydrogen) atoms. The summed E-state index contributed by atoms with van der Waals surface area (Å²) < 4.78 is 42.0. The number of hydrogen-bond donors (Lipinski definition) is 5. The molecular formula is C22H32F3N3O7. The molecular weight excluding hydrogens is 475 g/mol. The van der Waals surface area contributed by atoms with E-state index in [9.17, 15) is 37.5 Å². The Morgan fingerprint density at radius 1 is 1.23 bits per heavy atom. The van der Waals surface area contributed by atoms with Gasteiger partial charge in [0.15, 0.2) is 0 Å². The molecule has 13 heteroatoms. The van der Waals surface area contributed by atoms with E-state index in [2.05, 4.69) is 10.6 Å². The van der Waals surface area contributed by atoms with Gasteiger partial charge < -0.3 is 30.9 Å². The summed E-state index contributed by atoms with van der Waals surface area (Å²) in [5, 5.41) is 25.7. The molecule has 1 saturated heterocycles. The van der Waals surface area contributed by atoms with Gasteiger partial charge in [0.2, 0.25) is 5.91 Å². The second kappa shape index (κ2) is 12.3. The van der Waals surface area contributed by atoms with Gasteiger partial charge in [0.05, 0.1) is 18.8 Å². The van der Waals surface area contributed by atoms with Gasteiger partial charge in [0, 0.05) is 12.5 Å². The largest absolute Gasteiger partial charge is 0.480 e. The Morgan fingerprint density at radius 2 is 1.94 bits per heavy atom. The summed E-state index contributed by atoms with van der Waals surface area (Å²) in [4.78, 5) is 47.0. The number of rotatable bonds is 13. The van der Waals surface area contributed by atoms with Crippen LogP contribution in [0.25, 0.3) is 0 Å². The van der Waals surface area contributed by atoms with Gasteiger partial charge in [-0.15, -0.1) is 0 Å². The van der Waals surface area contributed by atoms with E-state index in [1.807, 2.05) is 6.08 Å². The average molecular weight is 508 g/mol. The summed E-state index contributed by atoms with van der Waals surface area (Å²) in [5.41, 5.74) is -1.15. The van der Waals surface area contributed by atoms with Crippen LogP contribution in [-0.4, -0.2) is 77.0 Å². The smallest absolute Gasteiger partial charge is 0.471 e. The first kappa shape index (κ1) is 28.6. The zero-order chi connectivity index (χ0) is 26.2. The van der Waals surface area contributed by atoms with Crippen LogP contribution < -0.4 is 16.0 Å². The van der Waals surface area contributed by atoms with E-state index in [-0.39, 0.29) is 31.3 Å². The average Bonchev–Trinajstić information content (AvgIpc) is 3.28. The minimum atomic E-state index is -5.14. The van der Waals surface area contributed by atoms with Crippen molar-refractivity contribution in [3.8, 4) is 0 Å². The molecule has 0 spiro atoms. The number of aliphatic carboxylic acids is 1. The van der Waals surface area contributed by atoms with Gasteiger partial charge in [-0.1, -0.05) is 25.0 Å². The van der Waals surface area contributed by atoms with Crippen LogP contribution in [0.1, 0.15) is 51.9 Å². The van der Waals surface area contributed by atoms with Crippen molar-refractivity contribution in [2.24, 2.45) is 5.92 Å². The van der Waals surface area contributed by atoms with Crippen LogP contribution in [0.2, 0.25) is 0 Å². The molecule has 0 aromatic rings. The molecule has 2 amide bonds. The van der Waals surface area contributed by atoms with E-state index in [0.717, 1.165) is 0 Å². The molecule has 5 atom stereocenters. The lowest BCUT2D eigenvalue weighted by molar-refractivity contribution is -0.175. The lowest BCUT2D eigenvalue weighted by Crippen LogP contribution is -2.51. The number of carboxylic acids is 1. The van der Waals surface area contributed by atoms with E-state index in [1.54, 1.807) is 13.0 Å². The zero-order valence-corrected chi connectivity index (χ0v) is 19.4. The Kier molecular flexibility index (Phi) is 10.1. The fourth-order valence-electron chi connectivity index (χ4n) is 3.98. The predicted octanol–water partition coefficient (Wildman–Crippen LogP) is 0.786. The highest BCUT2D eigenvalue weighted by Crippen LogP contribution is 2.46. The van der Waals surface area contributed by atoms with Crippen molar-refractivity contribution in [1.29, 1.82) is 0 Å². The highest BCUT2D eigenvalue weighted by molar-refractivity contribution is 5.93. The van der Waals surface area contributed by atoms with Crippen LogP contribution in [0.4, 0.5) is 13.2 Å². The number of carbonyl (C=O) groups is 4. The molecule has 2 fully saturated rings. The number of ether oxygens (including phenoxy) is 1. The van der Waals surface area contributed by atoms with Crippen molar-refractivity contribution in [3.05, 3.63) is 12.2 Å². The highest BCUT2D eigenvalue weighted by Gasteiger charge is 2.61. The van der Waals surface area contributed by atoms with Crippen molar-refractivity contribution in [2.75, 3.05) is 13.2 Å². The minimum absolute atomic E-state index is 0.134. The Morgan fingerprint density at radius 3 is 2.51 bits per heavy atom. The number of unbranched alkanes of at least 4 members (excludes halogenated alkanes) is 3. The van der Waals surface area contributed by atoms with Crippen molar-refractivity contribution >= 4 is 23.8 Å². The van der Waals surface area contributed by atoms with Crippen molar-refractivity contribution in [3.63, 3.8) is 0 Å². The fraction of sp³-hybridized carbons (Fsp3) is 0.727. The SMILES string of the molecule is CCOC(=O)[C@@]1(NC(=O)[C@@H]2C[C@@H](O)CN2)C[C@H]1C=CCCCCC[C@H](NC(=O)C(F)(F)F)C(=O)O. The Labute approximate surface area is 200 Å². The molecule has 0 aromatic heterocycles. The lowest BCUT2D eigenvalue weighted by Gasteiger charge is -2.20. The molecule has 10 nitrogen and oxygen atoms in total. The van der Waals surface area contributed by atoms with Gasteiger partial charge in [-0.05, 0) is 39.0 Å². The van der Waals surface area contributed by atoms with Gasteiger partial charge in [-0.2, -0.15) is 13.2 Å². The molecule has 1 aliphatic heterocycles. The molecule has 2 aliphatic rings. The number of carbonyl (C=O) groups excluding carboxylic acids is 3. The number of alkyl halides is 3. The van der Waals surface area contributed by atoms with Gasteiger partial charge in [0.25, 0.3) is 0 Å². The maximum atomic E-state index is 12.5. The molecule has 2 rings (SSSR count). The Balaban J connectivity index is 1.77. The molecule has 0 unspecified atom stereocenters. The van der Waals surface area contributed by atoms with Crippen LogP contribution in [0.15, 0.2) is 12.2 Å². The van der Waals surface area contributed by atoms with Crippen molar-refractivity contribution < 1.29 is 47.3 Å². The lowest BCUT2D eigenvalue weighted by atomic mass is 10.1. The molecule has 5 N–H and O–H groups in total. The third kappa shape index (κ3) is 8.20. The number of aliphatic hydroxyl groups is 1. The van der Waals surface area contributed by atoms with Gasteiger partial charge >= 0.3 is 24.0 Å². The van der Waals surface area contributed by atoms with Gasteiger partial charge in [-0.3, -0.25) is 9.59 Å². The number of allylic oxidation sites excluding steroid dienone is 1. The number of halogens is 3. The van der Waals surface area contributed by atoms with Crippen LogP contribution in [0.5, 0.6) is 0 Å². The standard InChI is InChI=1S/C22H32F3N3O7/c1-2-35-20(34)21(28-17(30)16-10-14(29)12-26-16)11-13(21)8-6-4-3-5-7-9-15(18(31)32)27-19(33)22(23,24)25/h6,8,13-16,26,29H,2-5,7,9-12H2,1H3,(H,27,33)(H,28,30)(H,31,32)/t13-,14-,15+,16+,21-/m1/s1. The second-order valence-corrected chi connectivity index (χ2v) is 8.77. The number of nitrogens with one attached hydrogen (secondary N) is 3. The number of hydrogen-bond acceptors (Lipinski definition) is 7. The first-order valence-electron chi connectivity index (χ1n) is 11.6. The first-order valence-corrected chi connectivity index (χ1v) is 11.6. The number of esters is 1.